The Bertz CT molecular complexity index is 436. The SMILES string of the molecule is CC(C)N(CC(N)=O)Cc1cccnc1C#N. The van der Waals surface area contributed by atoms with E-state index in [2.05, 4.69) is 4.98 Å². The molecule has 1 heterocycles. The van der Waals surface area contributed by atoms with Gasteiger partial charge in [0.05, 0.1) is 6.54 Å². The fourth-order valence-electron chi connectivity index (χ4n) is 1.51. The first-order chi connectivity index (χ1) is 8.04. The number of carbonyl (C=O) groups is 1. The van der Waals surface area contributed by atoms with Gasteiger partial charge in [-0.1, -0.05) is 6.07 Å². The largest absolute Gasteiger partial charge is 0.369 e. The summed E-state index contributed by atoms with van der Waals surface area (Å²) in [7, 11) is 0. The van der Waals surface area contributed by atoms with E-state index in [1.807, 2.05) is 30.9 Å². The van der Waals surface area contributed by atoms with Crippen molar-refractivity contribution in [2.75, 3.05) is 6.54 Å². The summed E-state index contributed by atoms with van der Waals surface area (Å²) in [5, 5.41) is 8.93. The molecule has 1 amide bonds. The molecule has 0 bridgehead atoms. The van der Waals surface area contributed by atoms with Crippen LogP contribution in [0.5, 0.6) is 0 Å². The van der Waals surface area contributed by atoms with Crippen molar-refractivity contribution in [3.8, 4) is 6.07 Å². The average Bonchev–Trinajstić information content (AvgIpc) is 2.28. The summed E-state index contributed by atoms with van der Waals surface area (Å²) in [5.41, 5.74) is 6.40. The van der Waals surface area contributed by atoms with E-state index in [9.17, 15) is 4.79 Å². The predicted octanol–water partition coefficient (Wildman–Crippen LogP) is 0.649. The fraction of sp³-hybridized carbons (Fsp3) is 0.417. The third-order valence-electron chi connectivity index (χ3n) is 2.46. The molecule has 17 heavy (non-hydrogen) atoms. The molecule has 1 aromatic rings. The number of pyridine rings is 1. The quantitative estimate of drug-likeness (QED) is 0.808. The van der Waals surface area contributed by atoms with Crippen LogP contribution in [0.3, 0.4) is 0 Å². The Morgan fingerprint density at radius 3 is 2.88 bits per heavy atom. The van der Waals surface area contributed by atoms with Crippen molar-refractivity contribution in [3.63, 3.8) is 0 Å². The normalized spacial score (nSPS) is 10.5. The third-order valence-corrected chi connectivity index (χ3v) is 2.46. The maximum Gasteiger partial charge on any atom is 0.231 e. The number of nitrogens with two attached hydrogens (primary N) is 1. The minimum absolute atomic E-state index is 0.175. The Hall–Kier alpha value is -1.93. The van der Waals surface area contributed by atoms with Crippen LogP contribution in [0.4, 0.5) is 0 Å². The van der Waals surface area contributed by atoms with Gasteiger partial charge in [0.1, 0.15) is 11.8 Å². The highest BCUT2D eigenvalue weighted by molar-refractivity contribution is 5.75. The van der Waals surface area contributed by atoms with Crippen LogP contribution in [0.15, 0.2) is 18.3 Å². The standard InChI is InChI=1S/C12H16N4O/c1-9(2)16(8-12(14)17)7-10-4-3-5-15-11(10)6-13/h3-5,9H,7-8H2,1-2H3,(H2,14,17). The molecule has 1 aromatic heterocycles. The van der Waals surface area contributed by atoms with E-state index < -0.39 is 0 Å². The van der Waals surface area contributed by atoms with Gasteiger partial charge < -0.3 is 5.73 Å². The summed E-state index contributed by atoms with van der Waals surface area (Å²) in [5.74, 6) is -0.374. The first-order valence-corrected chi connectivity index (χ1v) is 5.41. The Morgan fingerprint density at radius 2 is 2.35 bits per heavy atom. The Labute approximate surface area is 101 Å². The zero-order valence-corrected chi connectivity index (χ0v) is 10.1. The second kappa shape index (κ2) is 5.97. The van der Waals surface area contributed by atoms with Crippen molar-refractivity contribution < 1.29 is 4.79 Å². The number of nitriles is 1. The van der Waals surface area contributed by atoms with E-state index in [0.29, 0.717) is 12.2 Å². The minimum Gasteiger partial charge on any atom is -0.369 e. The molecule has 0 aromatic carbocycles. The molecule has 0 aliphatic heterocycles. The molecule has 0 saturated heterocycles. The molecule has 0 radical (unpaired) electrons. The van der Waals surface area contributed by atoms with E-state index in [-0.39, 0.29) is 18.5 Å². The van der Waals surface area contributed by atoms with Crippen LogP contribution >= 0.6 is 0 Å². The second-order valence-corrected chi connectivity index (χ2v) is 4.09. The van der Waals surface area contributed by atoms with E-state index in [1.165, 1.54) is 0 Å². The Balaban J connectivity index is 2.86. The molecule has 0 atom stereocenters. The van der Waals surface area contributed by atoms with Crippen molar-refractivity contribution in [2.24, 2.45) is 5.73 Å². The van der Waals surface area contributed by atoms with Gasteiger partial charge in [0.15, 0.2) is 0 Å². The topological polar surface area (TPSA) is 83.0 Å². The van der Waals surface area contributed by atoms with Crippen LogP contribution in [0.1, 0.15) is 25.1 Å². The van der Waals surface area contributed by atoms with Gasteiger partial charge in [-0.05, 0) is 19.9 Å². The number of primary amides is 1. The highest BCUT2D eigenvalue weighted by atomic mass is 16.1. The number of hydrogen-bond acceptors (Lipinski definition) is 4. The van der Waals surface area contributed by atoms with Crippen molar-refractivity contribution >= 4 is 5.91 Å². The van der Waals surface area contributed by atoms with Crippen molar-refractivity contribution in [1.82, 2.24) is 9.88 Å². The molecule has 1 rings (SSSR count). The average molecular weight is 232 g/mol. The molecule has 0 unspecified atom stereocenters. The monoisotopic (exact) mass is 232 g/mol. The zero-order valence-electron chi connectivity index (χ0n) is 10.1. The highest BCUT2D eigenvalue weighted by Gasteiger charge is 2.14. The molecule has 0 saturated carbocycles. The fourth-order valence-corrected chi connectivity index (χ4v) is 1.51. The molecule has 0 aliphatic rings. The number of aromatic nitrogens is 1. The van der Waals surface area contributed by atoms with Gasteiger partial charge in [0, 0.05) is 24.3 Å². The number of rotatable bonds is 5. The van der Waals surface area contributed by atoms with E-state index in [4.69, 9.17) is 11.0 Å². The van der Waals surface area contributed by atoms with Crippen LogP contribution in [0.25, 0.3) is 0 Å². The van der Waals surface area contributed by atoms with Gasteiger partial charge >= 0.3 is 0 Å². The number of nitrogens with zero attached hydrogens (tertiary/aromatic N) is 3. The lowest BCUT2D eigenvalue weighted by Gasteiger charge is -2.25. The maximum absolute atomic E-state index is 11.0. The van der Waals surface area contributed by atoms with Crippen LogP contribution in [0.2, 0.25) is 0 Å². The van der Waals surface area contributed by atoms with Crippen molar-refractivity contribution in [2.45, 2.75) is 26.4 Å². The summed E-state index contributed by atoms with van der Waals surface area (Å²) in [6, 6.07) is 5.83. The Kier molecular flexibility index (Phi) is 4.61. The van der Waals surface area contributed by atoms with Gasteiger partial charge in [-0.15, -0.1) is 0 Å². The summed E-state index contributed by atoms with van der Waals surface area (Å²) in [4.78, 5) is 16.8. The maximum atomic E-state index is 11.0. The van der Waals surface area contributed by atoms with Gasteiger partial charge in [-0.2, -0.15) is 5.26 Å². The van der Waals surface area contributed by atoms with Gasteiger partial charge in [0.25, 0.3) is 0 Å². The summed E-state index contributed by atoms with van der Waals surface area (Å²) in [6.45, 7) is 4.63. The first kappa shape index (κ1) is 13.1. The van der Waals surface area contributed by atoms with Crippen LogP contribution < -0.4 is 5.73 Å². The molecule has 90 valence electrons. The molecule has 2 N–H and O–H groups in total. The molecule has 0 spiro atoms. The molecule has 0 aliphatic carbocycles. The lowest BCUT2D eigenvalue weighted by Crippen LogP contribution is -2.38. The van der Waals surface area contributed by atoms with Crippen molar-refractivity contribution in [1.29, 1.82) is 5.26 Å². The van der Waals surface area contributed by atoms with E-state index in [1.54, 1.807) is 12.3 Å². The van der Waals surface area contributed by atoms with Gasteiger partial charge in [0.2, 0.25) is 5.91 Å². The highest BCUT2D eigenvalue weighted by Crippen LogP contribution is 2.10. The summed E-state index contributed by atoms with van der Waals surface area (Å²) in [6.07, 6.45) is 1.58. The molecule has 5 nitrogen and oxygen atoms in total. The lowest BCUT2D eigenvalue weighted by molar-refractivity contribution is -0.119. The lowest BCUT2D eigenvalue weighted by atomic mass is 10.1. The molecular formula is C12H16N4O. The second-order valence-electron chi connectivity index (χ2n) is 4.09. The predicted molar refractivity (Wildman–Crippen MR) is 63.7 cm³/mol. The third kappa shape index (κ3) is 3.85. The molecular weight excluding hydrogens is 216 g/mol. The van der Waals surface area contributed by atoms with Gasteiger partial charge in [-0.3, -0.25) is 9.69 Å². The van der Waals surface area contributed by atoms with Crippen LogP contribution in [-0.4, -0.2) is 28.4 Å². The molecule has 0 fully saturated rings. The van der Waals surface area contributed by atoms with Gasteiger partial charge in [-0.25, -0.2) is 4.98 Å². The number of carbonyl (C=O) groups excluding carboxylic acids is 1. The summed E-state index contributed by atoms with van der Waals surface area (Å²) < 4.78 is 0. The van der Waals surface area contributed by atoms with E-state index in [0.717, 1.165) is 5.56 Å². The minimum atomic E-state index is -0.374. The first-order valence-electron chi connectivity index (χ1n) is 5.41. The van der Waals surface area contributed by atoms with Crippen LogP contribution in [0, 0.1) is 11.3 Å². The Morgan fingerprint density at radius 1 is 1.65 bits per heavy atom. The van der Waals surface area contributed by atoms with Crippen LogP contribution in [-0.2, 0) is 11.3 Å². The number of hydrogen-bond donors (Lipinski definition) is 1. The van der Waals surface area contributed by atoms with E-state index >= 15 is 0 Å². The smallest absolute Gasteiger partial charge is 0.231 e. The zero-order chi connectivity index (χ0) is 12.8. The van der Waals surface area contributed by atoms with Crippen molar-refractivity contribution in [3.05, 3.63) is 29.6 Å². The molecule has 5 heteroatoms. The number of amides is 1. The summed E-state index contributed by atoms with van der Waals surface area (Å²) >= 11 is 0.